The number of likely N-dealkylation sites (tertiary alicyclic amines) is 1. The van der Waals surface area contributed by atoms with Crippen LogP contribution in [0, 0.1) is 0 Å². The van der Waals surface area contributed by atoms with E-state index < -0.39 is 10.0 Å². The molecule has 0 atom stereocenters. The van der Waals surface area contributed by atoms with E-state index >= 15 is 0 Å². The first-order valence-corrected chi connectivity index (χ1v) is 11.7. The molecular weight excluding hydrogens is 400 g/mol. The Balaban J connectivity index is 1.65. The van der Waals surface area contributed by atoms with Gasteiger partial charge in [0.15, 0.2) is 0 Å². The summed E-state index contributed by atoms with van der Waals surface area (Å²) in [6.07, 6.45) is 2.11. The minimum Gasteiger partial charge on any atom is -0.411 e. The van der Waals surface area contributed by atoms with Crippen LogP contribution in [0.1, 0.15) is 26.7 Å². The van der Waals surface area contributed by atoms with E-state index in [2.05, 4.69) is 10.2 Å². The molecule has 0 unspecified atom stereocenters. The number of benzene rings is 1. The van der Waals surface area contributed by atoms with Crippen LogP contribution in [0.4, 0.5) is 0 Å². The highest BCUT2D eigenvalue weighted by Gasteiger charge is 2.22. The normalized spacial score (nSPS) is 14.8. The molecule has 0 radical (unpaired) electrons. The van der Waals surface area contributed by atoms with Crippen LogP contribution in [-0.2, 0) is 14.8 Å². The van der Waals surface area contributed by atoms with E-state index in [4.69, 9.17) is 4.42 Å². The molecule has 10 heteroatoms. The minimum absolute atomic E-state index is 0.0770. The fraction of sp³-hybridized carbons (Fsp3) is 0.500. The average molecular weight is 425 g/mol. The van der Waals surface area contributed by atoms with Crippen molar-refractivity contribution in [1.82, 2.24) is 19.4 Å². The lowest BCUT2D eigenvalue weighted by Gasteiger charge is -2.18. The van der Waals surface area contributed by atoms with Crippen molar-refractivity contribution in [3.8, 4) is 11.5 Å². The highest BCUT2D eigenvalue weighted by molar-refractivity contribution is 7.99. The fourth-order valence-electron chi connectivity index (χ4n) is 3.05. The molecule has 1 aliphatic heterocycles. The molecule has 0 N–H and O–H groups in total. The summed E-state index contributed by atoms with van der Waals surface area (Å²) < 4.78 is 32.1. The van der Waals surface area contributed by atoms with Crippen LogP contribution in [0.3, 0.4) is 0 Å². The van der Waals surface area contributed by atoms with Crippen LogP contribution in [-0.4, -0.2) is 65.7 Å². The summed E-state index contributed by atoms with van der Waals surface area (Å²) in [5.41, 5.74) is 0.628. The van der Waals surface area contributed by atoms with E-state index in [-0.39, 0.29) is 16.6 Å². The van der Waals surface area contributed by atoms with Gasteiger partial charge in [0.2, 0.25) is 21.8 Å². The molecule has 0 spiro atoms. The first-order valence-electron chi connectivity index (χ1n) is 9.30. The number of hydrogen-bond donors (Lipinski definition) is 0. The summed E-state index contributed by atoms with van der Waals surface area (Å²) in [5.74, 6) is 0.638. The van der Waals surface area contributed by atoms with Gasteiger partial charge in [-0.15, -0.1) is 10.2 Å². The van der Waals surface area contributed by atoms with E-state index in [1.165, 1.54) is 28.2 Å². The Morgan fingerprint density at radius 3 is 2.39 bits per heavy atom. The second kappa shape index (κ2) is 9.06. The minimum atomic E-state index is -3.50. The van der Waals surface area contributed by atoms with Crippen LogP contribution in [0.15, 0.2) is 38.8 Å². The Labute approximate surface area is 169 Å². The first-order chi connectivity index (χ1) is 13.5. The molecule has 2 aromatic rings. The molecule has 1 amide bonds. The van der Waals surface area contributed by atoms with Gasteiger partial charge in [-0.2, -0.15) is 4.31 Å². The van der Waals surface area contributed by atoms with Gasteiger partial charge >= 0.3 is 0 Å². The number of rotatable bonds is 8. The summed E-state index contributed by atoms with van der Waals surface area (Å²) in [6, 6.07) is 6.37. The summed E-state index contributed by atoms with van der Waals surface area (Å²) in [6.45, 7) is 6.08. The van der Waals surface area contributed by atoms with Crippen molar-refractivity contribution >= 4 is 27.7 Å². The molecular formula is C18H24N4O4S2. The zero-order chi connectivity index (χ0) is 20.1. The van der Waals surface area contributed by atoms with Crippen molar-refractivity contribution in [1.29, 1.82) is 0 Å². The molecule has 1 aliphatic rings. The predicted molar refractivity (Wildman–Crippen MR) is 106 cm³/mol. The maximum Gasteiger partial charge on any atom is 0.277 e. The van der Waals surface area contributed by atoms with Gasteiger partial charge < -0.3 is 9.32 Å². The molecule has 1 aromatic heterocycles. The molecule has 1 aromatic carbocycles. The molecule has 0 aliphatic carbocycles. The van der Waals surface area contributed by atoms with Crippen LogP contribution < -0.4 is 0 Å². The number of thioether (sulfide) groups is 1. The van der Waals surface area contributed by atoms with Crippen molar-refractivity contribution in [2.24, 2.45) is 0 Å². The van der Waals surface area contributed by atoms with Crippen molar-refractivity contribution in [3.63, 3.8) is 0 Å². The van der Waals surface area contributed by atoms with Crippen molar-refractivity contribution in [2.45, 2.75) is 36.8 Å². The van der Waals surface area contributed by atoms with E-state index in [0.717, 1.165) is 25.9 Å². The summed E-state index contributed by atoms with van der Waals surface area (Å²) >= 11 is 1.21. The lowest BCUT2D eigenvalue weighted by atomic mass is 10.2. The predicted octanol–water partition coefficient (Wildman–Crippen LogP) is 2.48. The van der Waals surface area contributed by atoms with E-state index in [0.29, 0.717) is 29.8 Å². The molecule has 2 heterocycles. The Morgan fingerprint density at radius 1 is 1.14 bits per heavy atom. The molecule has 8 nitrogen and oxygen atoms in total. The Hall–Kier alpha value is -1.91. The fourth-order valence-corrected chi connectivity index (χ4v) is 5.17. The first kappa shape index (κ1) is 20.8. The van der Waals surface area contributed by atoms with Crippen molar-refractivity contribution in [2.75, 3.05) is 31.9 Å². The molecule has 28 heavy (non-hydrogen) atoms. The van der Waals surface area contributed by atoms with Gasteiger partial charge in [-0.1, -0.05) is 25.6 Å². The molecule has 152 valence electrons. The maximum atomic E-state index is 12.5. The number of amides is 1. The largest absolute Gasteiger partial charge is 0.411 e. The Kier molecular flexibility index (Phi) is 6.73. The molecule has 0 saturated carbocycles. The van der Waals surface area contributed by atoms with Gasteiger partial charge in [0.25, 0.3) is 5.22 Å². The third-order valence-corrected chi connectivity index (χ3v) is 7.50. The number of sulfonamides is 1. The van der Waals surface area contributed by atoms with E-state index in [1.807, 2.05) is 18.7 Å². The third-order valence-electron chi connectivity index (χ3n) is 4.63. The molecule has 1 saturated heterocycles. The van der Waals surface area contributed by atoms with Crippen molar-refractivity contribution < 1.29 is 17.6 Å². The lowest BCUT2D eigenvalue weighted by molar-refractivity contribution is -0.127. The second-order valence-electron chi connectivity index (χ2n) is 6.36. The number of nitrogens with zero attached hydrogens (tertiary/aromatic N) is 4. The molecule has 3 rings (SSSR count). The second-order valence-corrected chi connectivity index (χ2v) is 9.23. The highest BCUT2D eigenvalue weighted by atomic mass is 32.2. The number of hydrogen-bond acceptors (Lipinski definition) is 7. The Bertz CT molecular complexity index is 902. The molecule has 0 bridgehead atoms. The van der Waals surface area contributed by atoms with Gasteiger partial charge in [0.05, 0.1) is 10.6 Å². The number of aromatic nitrogens is 2. The van der Waals surface area contributed by atoms with Gasteiger partial charge in [0.1, 0.15) is 0 Å². The van der Waals surface area contributed by atoms with E-state index in [9.17, 15) is 13.2 Å². The smallest absolute Gasteiger partial charge is 0.277 e. The summed E-state index contributed by atoms with van der Waals surface area (Å²) in [4.78, 5) is 14.2. The molecule has 1 fully saturated rings. The zero-order valence-electron chi connectivity index (χ0n) is 16.0. The zero-order valence-corrected chi connectivity index (χ0v) is 17.6. The maximum absolute atomic E-state index is 12.5. The van der Waals surface area contributed by atoms with Gasteiger partial charge in [-0.3, -0.25) is 4.79 Å². The van der Waals surface area contributed by atoms with Crippen LogP contribution >= 0.6 is 11.8 Å². The standard InChI is InChI=1S/C18H24N4O4S2/c1-3-22(4-2)28(24,25)15-9-7-14(8-10-15)17-19-20-18(26-17)27-13-16(23)21-11-5-6-12-21/h7-10H,3-6,11-13H2,1-2H3. The van der Waals surface area contributed by atoms with Gasteiger partial charge in [-0.05, 0) is 37.1 Å². The SMILES string of the molecule is CCN(CC)S(=O)(=O)c1ccc(-c2nnc(SCC(=O)N3CCCC3)o2)cc1. The third kappa shape index (κ3) is 4.56. The van der Waals surface area contributed by atoms with E-state index in [1.54, 1.807) is 12.1 Å². The highest BCUT2D eigenvalue weighted by Crippen LogP contribution is 2.25. The number of carbonyl (C=O) groups is 1. The van der Waals surface area contributed by atoms with Crippen LogP contribution in [0.2, 0.25) is 0 Å². The van der Waals surface area contributed by atoms with Crippen molar-refractivity contribution in [3.05, 3.63) is 24.3 Å². The monoisotopic (exact) mass is 424 g/mol. The van der Waals surface area contributed by atoms with Crippen LogP contribution in [0.5, 0.6) is 0 Å². The Morgan fingerprint density at radius 2 is 1.79 bits per heavy atom. The summed E-state index contributed by atoms with van der Waals surface area (Å²) in [7, 11) is -3.50. The van der Waals surface area contributed by atoms with Gasteiger partial charge in [0, 0.05) is 31.7 Å². The summed E-state index contributed by atoms with van der Waals surface area (Å²) in [5, 5.41) is 8.29. The topological polar surface area (TPSA) is 96.6 Å². The average Bonchev–Trinajstić information content (AvgIpc) is 3.39. The van der Waals surface area contributed by atoms with Crippen LogP contribution in [0.25, 0.3) is 11.5 Å². The number of carbonyl (C=O) groups excluding carboxylic acids is 1. The lowest BCUT2D eigenvalue weighted by Crippen LogP contribution is -2.30. The quantitative estimate of drug-likeness (QED) is 0.601. The van der Waals surface area contributed by atoms with Gasteiger partial charge in [-0.25, -0.2) is 8.42 Å².